The summed E-state index contributed by atoms with van der Waals surface area (Å²) in [4.78, 5) is 43.6. The molecule has 2 aliphatic heterocycles. The first-order chi connectivity index (χ1) is 19.1. The first-order valence-corrected chi connectivity index (χ1v) is 15.2. The monoisotopic (exact) mass is 569 g/mol. The molecule has 0 bridgehead atoms. The molecule has 0 unspecified atom stereocenters. The number of nitrogens with zero attached hydrogens (tertiary/aromatic N) is 4. The standard InChI is InChI=1S/C29H39N5O5S/c1-23-8-9-24(2)26(20-23)40(38,39)34-18-16-33(17-19-34)29(37)11-10-28(36)32-14-12-31(13-15-32)22-27(35)30-21-25-6-4-3-5-7-25/h3-9,20H,10-19,21-22H2,1-2H3,(H,30,35). The molecule has 2 aromatic carbocycles. The molecule has 216 valence electrons. The van der Waals surface area contributed by atoms with E-state index in [0.717, 1.165) is 11.1 Å². The van der Waals surface area contributed by atoms with Gasteiger partial charge in [-0.2, -0.15) is 4.31 Å². The molecule has 0 radical (unpaired) electrons. The number of rotatable bonds is 9. The minimum Gasteiger partial charge on any atom is -0.351 e. The summed E-state index contributed by atoms with van der Waals surface area (Å²) in [5, 5.41) is 2.93. The molecular weight excluding hydrogens is 530 g/mol. The topological polar surface area (TPSA) is 110 Å². The molecule has 3 amide bonds. The first-order valence-electron chi connectivity index (χ1n) is 13.8. The molecule has 0 spiro atoms. The lowest BCUT2D eigenvalue weighted by Crippen LogP contribution is -2.52. The van der Waals surface area contributed by atoms with E-state index in [1.54, 1.807) is 22.8 Å². The van der Waals surface area contributed by atoms with Gasteiger partial charge in [0.05, 0.1) is 11.4 Å². The highest BCUT2D eigenvalue weighted by Gasteiger charge is 2.31. The van der Waals surface area contributed by atoms with Gasteiger partial charge in [-0.1, -0.05) is 42.5 Å². The molecule has 0 atom stereocenters. The molecule has 2 heterocycles. The van der Waals surface area contributed by atoms with Gasteiger partial charge >= 0.3 is 0 Å². The fraction of sp³-hybridized carbons (Fsp3) is 0.483. The van der Waals surface area contributed by atoms with E-state index >= 15 is 0 Å². The molecule has 0 saturated carbocycles. The summed E-state index contributed by atoms with van der Waals surface area (Å²) in [5.74, 6) is -0.250. The summed E-state index contributed by atoms with van der Waals surface area (Å²) in [6.45, 7) is 7.76. The summed E-state index contributed by atoms with van der Waals surface area (Å²) in [6.07, 6.45) is 0.224. The molecule has 2 fully saturated rings. The summed E-state index contributed by atoms with van der Waals surface area (Å²) < 4.78 is 27.7. The Morgan fingerprint density at radius 2 is 1.35 bits per heavy atom. The van der Waals surface area contributed by atoms with Crippen molar-refractivity contribution in [3.05, 3.63) is 65.2 Å². The Labute approximate surface area is 237 Å². The Morgan fingerprint density at radius 1 is 0.775 bits per heavy atom. The molecule has 4 rings (SSSR count). The van der Waals surface area contributed by atoms with Crippen molar-refractivity contribution >= 4 is 27.7 Å². The maximum atomic E-state index is 13.1. The van der Waals surface area contributed by atoms with Crippen LogP contribution in [-0.2, 0) is 31.0 Å². The largest absolute Gasteiger partial charge is 0.351 e. The molecule has 10 nitrogen and oxygen atoms in total. The molecular formula is C29H39N5O5S. The lowest BCUT2D eigenvalue weighted by atomic mass is 10.2. The highest BCUT2D eigenvalue weighted by molar-refractivity contribution is 7.89. The summed E-state index contributed by atoms with van der Waals surface area (Å²) >= 11 is 0. The van der Waals surface area contributed by atoms with Gasteiger partial charge in [-0.05, 0) is 36.6 Å². The molecule has 2 saturated heterocycles. The molecule has 0 aliphatic carbocycles. The molecule has 1 N–H and O–H groups in total. The van der Waals surface area contributed by atoms with Gasteiger partial charge < -0.3 is 15.1 Å². The minimum atomic E-state index is -3.63. The predicted octanol–water partition coefficient (Wildman–Crippen LogP) is 1.38. The Bertz CT molecular complexity index is 1300. The average molecular weight is 570 g/mol. The number of hydrogen-bond donors (Lipinski definition) is 1. The lowest BCUT2D eigenvalue weighted by molar-refractivity contribution is -0.138. The van der Waals surface area contributed by atoms with Crippen molar-refractivity contribution in [2.45, 2.75) is 38.1 Å². The number of aryl methyl sites for hydroxylation is 2. The maximum absolute atomic E-state index is 13.1. The molecule has 11 heteroatoms. The smallest absolute Gasteiger partial charge is 0.243 e. The van der Waals surface area contributed by atoms with E-state index in [0.29, 0.717) is 62.8 Å². The van der Waals surface area contributed by atoms with Gasteiger partial charge in [0.1, 0.15) is 0 Å². The second-order valence-electron chi connectivity index (χ2n) is 10.5. The molecule has 2 aromatic rings. The predicted molar refractivity (Wildman–Crippen MR) is 152 cm³/mol. The summed E-state index contributed by atoms with van der Waals surface area (Å²) in [5.41, 5.74) is 2.63. The second-order valence-corrected chi connectivity index (χ2v) is 12.4. The van der Waals surface area contributed by atoms with Crippen LogP contribution in [0.25, 0.3) is 0 Å². The van der Waals surface area contributed by atoms with Crippen molar-refractivity contribution in [1.82, 2.24) is 24.3 Å². The van der Waals surface area contributed by atoms with Gasteiger partial charge in [-0.15, -0.1) is 0 Å². The van der Waals surface area contributed by atoms with Gasteiger partial charge in [-0.25, -0.2) is 8.42 Å². The van der Waals surface area contributed by atoms with Gasteiger partial charge in [0, 0.05) is 71.7 Å². The van der Waals surface area contributed by atoms with Crippen LogP contribution in [0.15, 0.2) is 53.4 Å². The van der Waals surface area contributed by atoms with E-state index in [1.165, 1.54) is 4.31 Å². The van der Waals surface area contributed by atoms with E-state index in [2.05, 4.69) is 5.32 Å². The van der Waals surface area contributed by atoms with Crippen molar-refractivity contribution in [3.8, 4) is 0 Å². The lowest BCUT2D eigenvalue weighted by Gasteiger charge is -2.35. The number of sulfonamides is 1. The molecule has 40 heavy (non-hydrogen) atoms. The maximum Gasteiger partial charge on any atom is 0.243 e. The Kier molecular flexibility index (Phi) is 9.94. The zero-order valence-corrected chi connectivity index (χ0v) is 24.2. The van der Waals surface area contributed by atoms with Crippen molar-refractivity contribution in [3.63, 3.8) is 0 Å². The van der Waals surface area contributed by atoms with E-state index < -0.39 is 10.0 Å². The third kappa shape index (κ3) is 7.67. The van der Waals surface area contributed by atoms with Crippen molar-refractivity contribution in [1.29, 1.82) is 0 Å². The van der Waals surface area contributed by atoms with Gasteiger partial charge in [0.25, 0.3) is 0 Å². The highest BCUT2D eigenvalue weighted by Crippen LogP contribution is 2.22. The van der Waals surface area contributed by atoms with E-state index in [-0.39, 0.29) is 43.7 Å². The van der Waals surface area contributed by atoms with E-state index in [1.807, 2.05) is 54.3 Å². The van der Waals surface area contributed by atoms with Gasteiger partial charge in [-0.3, -0.25) is 19.3 Å². The number of carbonyl (C=O) groups is 3. The van der Waals surface area contributed by atoms with Crippen molar-refractivity contribution < 1.29 is 22.8 Å². The summed E-state index contributed by atoms with van der Waals surface area (Å²) in [6, 6.07) is 15.1. The number of benzene rings is 2. The van der Waals surface area contributed by atoms with Crippen LogP contribution in [0.5, 0.6) is 0 Å². The third-order valence-electron chi connectivity index (χ3n) is 7.53. The van der Waals surface area contributed by atoms with Crippen LogP contribution < -0.4 is 5.32 Å². The Morgan fingerprint density at radius 3 is 1.95 bits per heavy atom. The molecule has 2 aliphatic rings. The number of piperazine rings is 2. The van der Waals surface area contributed by atoms with Crippen LogP contribution >= 0.6 is 0 Å². The zero-order chi connectivity index (χ0) is 28.7. The van der Waals surface area contributed by atoms with Crippen molar-refractivity contribution in [2.75, 3.05) is 58.9 Å². The summed E-state index contributed by atoms with van der Waals surface area (Å²) in [7, 11) is -3.63. The second kappa shape index (κ2) is 13.4. The van der Waals surface area contributed by atoms with Gasteiger partial charge in [0.2, 0.25) is 27.7 Å². The van der Waals surface area contributed by atoms with E-state index in [9.17, 15) is 22.8 Å². The third-order valence-corrected chi connectivity index (χ3v) is 9.57. The first kappa shape index (κ1) is 29.7. The number of amides is 3. The van der Waals surface area contributed by atoms with Crippen LogP contribution in [0.4, 0.5) is 0 Å². The Balaban J connectivity index is 1.15. The average Bonchev–Trinajstić information content (AvgIpc) is 2.97. The number of carbonyl (C=O) groups excluding carboxylic acids is 3. The number of nitrogens with one attached hydrogen (secondary N) is 1. The SMILES string of the molecule is Cc1ccc(C)c(S(=O)(=O)N2CCN(C(=O)CCC(=O)N3CCN(CC(=O)NCc4ccccc4)CC3)CC2)c1. The van der Waals surface area contributed by atoms with Gasteiger partial charge in [0.15, 0.2) is 0 Å². The zero-order valence-electron chi connectivity index (χ0n) is 23.3. The molecule has 0 aromatic heterocycles. The quantitative estimate of drug-likeness (QED) is 0.489. The van der Waals surface area contributed by atoms with Crippen molar-refractivity contribution in [2.24, 2.45) is 0 Å². The van der Waals surface area contributed by atoms with Crippen LogP contribution in [0.2, 0.25) is 0 Å². The normalized spacial score (nSPS) is 17.1. The fourth-order valence-electron chi connectivity index (χ4n) is 5.04. The van der Waals surface area contributed by atoms with Crippen LogP contribution in [0, 0.1) is 13.8 Å². The minimum absolute atomic E-state index is 0.0452. The Hall–Kier alpha value is -3.28. The van der Waals surface area contributed by atoms with E-state index in [4.69, 9.17) is 0 Å². The fourth-order valence-corrected chi connectivity index (χ4v) is 6.78. The van der Waals surface area contributed by atoms with Crippen LogP contribution in [0.1, 0.15) is 29.5 Å². The van der Waals surface area contributed by atoms with Crippen LogP contribution in [0.3, 0.4) is 0 Å². The highest BCUT2D eigenvalue weighted by atomic mass is 32.2. The number of hydrogen-bond acceptors (Lipinski definition) is 6. The van der Waals surface area contributed by atoms with Crippen LogP contribution in [-0.4, -0.2) is 104 Å².